The summed E-state index contributed by atoms with van der Waals surface area (Å²) in [4.78, 5) is 19.5. The number of rotatable bonds is 7. The third-order valence-corrected chi connectivity index (χ3v) is 2.26. The molecule has 0 fully saturated rings. The summed E-state index contributed by atoms with van der Waals surface area (Å²) in [6.45, 7) is 3.24. The summed E-state index contributed by atoms with van der Waals surface area (Å²) < 4.78 is 5.04. The molecular formula is C9H13N3O3S. The molecule has 6 nitrogen and oxygen atoms in total. The normalized spacial score (nSPS) is 11.4. The van der Waals surface area contributed by atoms with Crippen LogP contribution in [0.5, 0.6) is 0 Å². The lowest BCUT2D eigenvalue weighted by molar-refractivity contribution is -0.102. The van der Waals surface area contributed by atoms with Gasteiger partial charge >= 0.3 is 0 Å². The Morgan fingerprint density at radius 3 is 3.06 bits per heavy atom. The smallest absolute Gasteiger partial charge is 0.180 e. The highest BCUT2D eigenvalue weighted by Crippen LogP contribution is 2.11. The van der Waals surface area contributed by atoms with E-state index in [0.717, 1.165) is 0 Å². The van der Waals surface area contributed by atoms with Gasteiger partial charge in [0.2, 0.25) is 0 Å². The van der Waals surface area contributed by atoms with Gasteiger partial charge in [-0.25, -0.2) is 4.98 Å². The average Bonchev–Trinajstić information content (AvgIpc) is 2.70. The van der Waals surface area contributed by atoms with Crippen molar-refractivity contribution in [3.05, 3.63) is 11.1 Å². The quantitative estimate of drug-likeness (QED) is 0.329. The Morgan fingerprint density at radius 1 is 1.69 bits per heavy atom. The van der Waals surface area contributed by atoms with Gasteiger partial charge in [-0.05, 0) is 6.92 Å². The molecule has 0 aliphatic rings. The second-order valence-corrected chi connectivity index (χ2v) is 3.59. The summed E-state index contributed by atoms with van der Waals surface area (Å²) in [6, 6.07) is 0. The van der Waals surface area contributed by atoms with E-state index in [0.29, 0.717) is 36.9 Å². The van der Waals surface area contributed by atoms with E-state index >= 15 is 0 Å². The van der Waals surface area contributed by atoms with Crippen molar-refractivity contribution >= 4 is 28.5 Å². The predicted molar refractivity (Wildman–Crippen MR) is 61.6 cm³/mol. The summed E-state index contributed by atoms with van der Waals surface area (Å²) >= 11 is 1.24. The molecule has 0 aliphatic carbocycles. The minimum absolute atomic E-state index is 0.129. The van der Waals surface area contributed by atoms with E-state index in [4.69, 9.17) is 15.3 Å². The Labute approximate surface area is 97.1 Å². The first kappa shape index (κ1) is 12.6. The first-order valence-electron chi connectivity index (χ1n) is 4.72. The van der Waals surface area contributed by atoms with Crippen molar-refractivity contribution in [1.82, 2.24) is 4.98 Å². The molecular weight excluding hydrogens is 230 g/mol. The lowest BCUT2D eigenvalue weighted by atomic mass is 10.3. The third-order valence-electron chi connectivity index (χ3n) is 1.58. The lowest BCUT2D eigenvalue weighted by Crippen LogP contribution is -2.07. The minimum atomic E-state index is 0.129. The van der Waals surface area contributed by atoms with Crippen molar-refractivity contribution in [3.63, 3.8) is 0 Å². The number of aldehydes is 1. The molecule has 2 N–H and O–H groups in total. The fourth-order valence-electron chi connectivity index (χ4n) is 0.890. The van der Waals surface area contributed by atoms with E-state index < -0.39 is 0 Å². The molecule has 0 aromatic carbocycles. The van der Waals surface area contributed by atoms with Crippen LogP contribution < -0.4 is 5.73 Å². The second-order valence-electron chi connectivity index (χ2n) is 2.70. The molecule has 0 unspecified atom stereocenters. The van der Waals surface area contributed by atoms with Crippen molar-refractivity contribution in [2.45, 2.75) is 6.92 Å². The number of ether oxygens (including phenoxy) is 1. The van der Waals surface area contributed by atoms with Crippen molar-refractivity contribution in [3.8, 4) is 0 Å². The largest absolute Gasteiger partial charge is 0.393 e. The standard InChI is InChI=1S/C9H13N3O3S/c1-2-14-3-4-15-12-7(5-13)8-6-16-9(10)11-8/h5-6H,2-4H2,1H3,(H2,10,11)/b12-7+. The van der Waals surface area contributed by atoms with Crippen molar-refractivity contribution in [2.75, 3.05) is 25.6 Å². The maximum atomic E-state index is 10.7. The Kier molecular flexibility index (Phi) is 5.44. The molecule has 0 saturated heterocycles. The molecule has 0 saturated carbocycles. The van der Waals surface area contributed by atoms with E-state index in [9.17, 15) is 4.79 Å². The zero-order chi connectivity index (χ0) is 11.8. The molecule has 88 valence electrons. The molecule has 0 spiro atoms. The van der Waals surface area contributed by atoms with E-state index in [-0.39, 0.29) is 5.71 Å². The minimum Gasteiger partial charge on any atom is -0.393 e. The van der Waals surface area contributed by atoms with E-state index in [1.54, 1.807) is 5.38 Å². The lowest BCUT2D eigenvalue weighted by Gasteiger charge is -2.00. The number of carbonyl (C=O) groups is 1. The van der Waals surface area contributed by atoms with Gasteiger partial charge in [0.15, 0.2) is 17.1 Å². The van der Waals surface area contributed by atoms with Crippen molar-refractivity contribution < 1.29 is 14.4 Å². The third kappa shape index (κ3) is 3.95. The number of aromatic nitrogens is 1. The van der Waals surface area contributed by atoms with Crippen LogP contribution >= 0.6 is 11.3 Å². The SMILES string of the molecule is CCOCCO/N=C(\C=O)c1csc(N)n1. The van der Waals surface area contributed by atoms with Gasteiger partial charge < -0.3 is 15.3 Å². The molecule has 1 heterocycles. The maximum absolute atomic E-state index is 10.7. The fraction of sp³-hybridized carbons (Fsp3) is 0.444. The van der Waals surface area contributed by atoms with Crippen LogP contribution in [-0.4, -0.2) is 36.8 Å². The van der Waals surface area contributed by atoms with Gasteiger partial charge in [0.1, 0.15) is 12.3 Å². The highest BCUT2D eigenvalue weighted by Gasteiger charge is 2.07. The maximum Gasteiger partial charge on any atom is 0.180 e. The van der Waals surface area contributed by atoms with Gasteiger partial charge in [0, 0.05) is 12.0 Å². The van der Waals surface area contributed by atoms with Crippen LogP contribution in [0.4, 0.5) is 5.13 Å². The summed E-state index contributed by atoms with van der Waals surface area (Å²) in [5.74, 6) is 0. The van der Waals surface area contributed by atoms with Gasteiger partial charge in [-0.1, -0.05) is 5.16 Å². The molecule has 1 aromatic heterocycles. The Hall–Kier alpha value is -1.47. The topological polar surface area (TPSA) is 86.8 Å². The first-order chi connectivity index (χ1) is 7.77. The molecule has 0 amide bonds. The number of hydrogen-bond donors (Lipinski definition) is 1. The summed E-state index contributed by atoms with van der Waals surface area (Å²) in [7, 11) is 0. The predicted octanol–water partition coefficient (Wildman–Crippen LogP) is 0.681. The number of nitrogens with two attached hydrogens (primary N) is 1. The second kappa shape index (κ2) is 6.91. The molecule has 0 aliphatic heterocycles. The van der Waals surface area contributed by atoms with E-state index in [2.05, 4.69) is 10.1 Å². The summed E-state index contributed by atoms with van der Waals surface area (Å²) in [6.07, 6.45) is 0.579. The highest BCUT2D eigenvalue weighted by atomic mass is 32.1. The Bertz CT molecular complexity index is 365. The van der Waals surface area contributed by atoms with Crippen LogP contribution in [-0.2, 0) is 14.4 Å². The number of carbonyl (C=O) groups excluding carboxylic acids is 1. The van der Waals surface area contributed by atoms with Gasteiger partial charge in [-0.15, -0.1) is 11.3 Å². The number of nitrogen functional groups attached to an aromatic ring is 1. The van der Waals surface area contributed by atoms with Crippen LogP contribution in [0.3, 0.4) is 0 Å². The molecule has 1 rings (SSSR count). The number of nitrogens with zero attached hydrogens (tertiary/aromatic N) is 2. The number of oxime groups is 1. The van der Waals surface area contributed by atoms with Crippen LogP contribution in [0.1, 0.15) is 12.6 Å². The first-order valence-corrected chi connectivity index (χ1v) is 5.60. The molecule has 1 aromatic rings. The molecule has 16 heavy (non-hydrogen) atoms. The molecule has 0 atom stereocenters. The molecule has 7 heteroatoms. The number of anilines is 1. The number of hydrogen-bond acceptors (Lipinski definition) is 7. The van der Waals surface area contributed by atoms with Gasteiger partial charge in [-0.3, -0.25) is 4.79 Å². The van der Waals surface area contributed by atoms with Crippen LogP contribution in [0, 0.1) is 0 Å². The van der Waals surface area contributed by atoms with Crippen molar-refractivity contribution in [1.29, 1.82) is 0 Å². The monoisotopic (exact) mass is 243 g/mol. The van der Waals surface area contributed by atoms with Crippen molar-refractivity contribution in [2.24, 2.45) is 5.16 Å². The summed E-state index contributed by atoms with van der Waals surface area (Å²) in [5, 5.41) is 5.69. The zero-order valence-electron chi connectivity index (χ0n) is 8.88. The fourth-order valence-corrected chi connectivity index (χ4v) is 1.45. The molecule has 0 bridgehead atoms. The van der Waals surface area contributed by atoms with E-state index in [1.165, 1.54) is 11.3 Å². The van der Waals surface area contributed by atoms with Crippen LogP contribution in [0.15, 0.2) is 10.5 Å². The van der Waals surface area contributed by atoms with Gasteiger partial charge in [-0.2, -0.15) is 0 Å². The number of thiazole rings is 1. The summed E-state index contributed by atoms with van der Waals surface area (Å²) in [5.41, 5.74) is 6.00. The van der Waals surface area contributed by atoms with Crippen LogP contribution in [0.2, 0.25) is 0 Å². The van der Waals surface area contributed by atoms with Crippen LogP contribution in [0.25, 0.3) is 0 Å². The molecule has 0 radical (unpaired) electrons. The van der Waals surface area contributed by atoms with Gasteiger partial charge in [0.05, 0.1) is 6.61 Å². The Balaban J connectivity index is 2.47. The van der Waals surface area contributed by atoms with Gasteiger partial charge in [0.25, 0.3) is 0 Å². The zero-order valence-corrected chi connectivity index (χ0v) is 9.70. The average molecular weight is 243 g/mol. The van der Waals surface area contributed by atoms with E-state index in [1.807, 2.05) is 6.92 Å². The highest BCUT2D eigenvalue weighted by molar-refractivity contribution is 7.13. The Morgan fingerprint density at radius 2 is 2.50 bits per heavy atom.